The van der Waals surface area contributed by atoms with Gasteiger partial charge in [-0.25, -0.2) is 0 Å². The number of nitrogens with one attached hydrogen (secondary N) is 1. The zero-order valence-corrected chi connectivity index (χ0v) is 16.7. The van der Waals surface area contributed by atoms with Crippen molar-refractivity contribution in [3.63, 3.8) is 0 Å². The number of carbonyl (C=O) groups is 1. The first-order valence-corrected chi connectivity index (χ1v) is 10.3. The van der Waals surface area contributed by atoms with Crippen molar-refractivity contribution >= 4 is 40.6 Å². The molecular weight excluding hydrogens is 414 g/mol. The standard InChI is InChI=1S/C19H16ClN5O3S/c20-15-9-8-13(10-16(15)25(27)28)21-17(26)11-29-19-23-22-18(12-6-7-12)24(19)14-4-2-1-3-5-14/h1-5,8-10,12H,6-7,11H2,(H,21,26). The van der Waals surface area contributed by atoms with E-state index in [1.54, 1.807) is 0 Å². The minimum absolute atomic E-state index is 0.0194. The molecule has 1 aromatic heterocycles. The van der Waals surface area contributed by atoms with E-state index in [0.29, 0.717) is 16.8 Å². The number of rotatable bonds is 7. The van der Waals surface area contributed by atoms with Crippen molar-refractivity contribution in [2.75, 3.05) is 11.1 Å². The first-order valence-electron chi connectivity index (χ1n) is 8.90. The molecule has 0 aliphatic heterocycles. The second-order valence-corrected chi connectivity index (χ2v) is 7.90. The van der Waals surface area contributed by atoms with Crippen LogP contribution in [-0.2, 0) is 4.79 Å². The third-order valence-electron chi connectivity index (χ3n) is 4.37. The summed E-state index contributed by atoms with van der Waals surface area (Å²) < 4.78 is 1.99. The molecule has 1 amide bonds. The lowest BCUT2D eigenvalue weighted by molar-refractivity contribution is -0.384. The minimum atomic E-state index is -0.589. The lowest BCUT2D eigenvalue weighted by Gasteiger charge is -2.10. The van der Waals surface area contributed by atoms with E-state index in [4.69, 9.17) is 11.6 Å². The second kappa shape index (κ2) is 8.22. The van der Waals surface area contributed by atoms with Crippen molar-refractivity contribution in [1.82, 2.24) is 14.8 Å². The molecule has 1 aliphatic carbocycles. The van der Waals surface area contributed by atoms with Crippen LogP contribution in [-0.4, -0.2) is 31.3 Å². The number of hydrogen-bond donors (Lipinski definition) is 1. The average Bonchev–Trinajstić information content (AvgIpc) is 3.47. The molecule has 1 N–H and O–H groups in total. The van der Waals surface area contributed by atoms with Gasteiger partial charge < -0.3 is 5.32 Å². The molecule has 1 saturated carbocycles. The molecule has 1 heterocycles. The van der Waals surface area contributed by atoms with Gasteiger partial charge in [-0.2, -0.15) is 0 Å². The second-order valence-electron chi connectivity index (χ2n) is 6.55. The molecule has 0 bridgehead atoms. The Labute approximate surface area is 175 Å². The molecule has 1 fully saturated rings. The summed E-state index contributed by atoms with van der Waals surface area (Å²) in [5.41, 5.74) is 1.01. The van der Waals surface area contributed by atoms with E-state index in [1.165, 1.54) is 30.0 Å². The molecular formula is C19H16ClN5O3S. The van der Waals surface area contributed by atoms with Crippen LogP contribution in [0.15, 0.2) is 53.7 Å². The third-order valence-corrected chi connectivity index (χ3v) is 5.62. The number of nitro benzene ring substituents is 1. The van der Waals surface area contributed by atoms with Gasteiger partial charge in [-0.3, -0.25) is 19.5 Å². The van der Waals surface area contributed by atoms with Crippen LogP contribution in [0.4, 0.5) is 11.4 Å². The van der Waals surface area contributed by atoms with Crippen molar-refractivity contribution in [1.29, 1.82) is 0 Å². The predicted octanol–water partition coefficient (Wildman–Crippen LogP) is 4.44. The summed E-state index contributed by atoms with van der Waals surface area (Å²) in [5, 5.41) is 22.9. The maximum Gasteiger partial charge on any atom is 0.289 e. The fourth-order valence-electron chi connectivity index (χ4n) is 2.86. The first kappa shape index (κ1) is 19.4. The van der Waals surface area contributed by atoms with E-state index >= 15 is 0 Å². The summed E-state index contributed by atoms with van der Waals surface area (Å²) in [5.74, 6) is 1.10. The highest BCUT2D eigenvalue weighted by Crippen LogP contribution is 2.41. The first-order chi connectivity index (χ1) is 14.0. The summed E-state index contributed by atoms with van der Waals surface area (Å²) >= 11 is 7.07. The minimum Gasteiger partial charge on any atom is -0.325 e. The Balaban J connectivity index is 1.48. The Morgan fingerprint density at radius 3 is 2.69 bits per heavy atom. The van der Waals surface area contributed by atoms with Crippen LogP contribution >= 0.6 is 23.4 Å². The van der Waals surface area contributed by atoms with Crippen LogP contribution in [0, 0.1) is 10.1 Å². The molecule has 0 atom stereocenters. The highest BCUT2D eigenvalue weighted by Gasteiger charge is 2.31. The lowest BCUT2D eigenvalue weighted by Crippen LogP contribution is -2.14. The third kappa shape index (κ3) is 4.41. The number of nitrogens with zero attached hydrogens (tertiary/aromatic N) is 4. The van der Waals surface area contributed by atoms with Crippen molar-refractivity contribution in [3.05, 3.63) is 69.5 Å². The smallest absolute Gasteiger partial charge is 0.289 e. The number of anilines is 1. The van der Waals surface area contributed by atoms with Gasteiger partial charge in [0.25, 0.3) is 5.69 Å². The quantitative estimate of drug-likeness (QED) is 0.338. The molecule has 2 aromatic carbocycles. The lowest BCUT2D eigenvalue weighted by atomic mass is 10.3. The van der Waals surface area contributed by atoms with E-state index < -0.39 is 4.92 Å². The normalized spacial score (nSPS) is 13.3. The van der Waals surface area contributed by atoms with Gasteiger partial charge in [0.15, 0.2) is 5.16 Å². The number of benzene rings is 2. The van der Waals surface area contributed by atoms with Crippen LogP contribution < -0.4 is 5.32 Å². The van der Waals surface area contributed by atoms with Gasteiger partial charge in [-0.05, 0) is 37.1 Å². The van der Waals surface area contributed by atoms with Gasteiger partial charge in [0.05, 0.1) is 10.7 Å². The topological polar surface area (TPSA) is 103 Å². The SMILES string of the molecule is O=C(CSc1nnc(C2CC2)n1-c1ccccc1)Nc1ccc(Cl)c([N+](=O)[O-])c1. The maximum atomic E-state index is 12.4. The fourth-order valence-corrected chi connectivity index (χ4v) is 3.80. The molecule has 8 nitrogen and oxygen atoms in total. The van der Waals surface area contributed by atoms with Crippen molar-refractivity contribution in [2.45, 2.75) is 23.9 Å². The van der Waals surface area contributed by atoms with Gasteiger partial charge in [0.1, 0.15) is 10.8 Å². The molecule has 148 valence electrons. The Bertz CT molecular complexity index is 1070. The monoisotopic (exact) mass is 429 g/mol. The van der Waals surface area contributed by atoms with Crippen LogP contribution in [0.1, 0.15) is 24.6 Å². The van der Waals surface area contributed by atoms with E-state index in [2.05, 4.69) is 15.5 Å². The van der Waals surface area contributed by atoms with Gasteiger partial charge in [-0.15, -0.1) is 10.2 Å². The Hall–Kier alpha value is -2.91. The number of aromatic nitrogens is 3. The highest BCUT2D eigenvalue weighted by atomic mass is 35.5. The molecule has 3 aromatic rings. The van der Waals surface area contributed by atoms with Crippen molar-refractivity contribution < 1.29 is 9.72 Å². The Morgan fingerprint density at radius 1 is 1.24 bits per heavy atom. The van der Waals surface area contributed by atoms with Gasteiger partial charge in [0, 0.05) is 23.4 Å². The van der Waals surface area contributed by atoms with Crippen molar-refractivity contribution in [2.24, 2.45) is 0 Å². The molecule has 29 heavy (non-hydrogen) atoms. The zero-order valence-electron chi connectivity index (χ0n) is 15.1. The maximum absolute atomic E-state index is 12.4. The molecule has 0 radical (unpaired) electrons. The molecule has 0 unspecified atom stereocenters. The number of para-hydroxylation sites is 1. The number of halogens is 1. The van der Waals surface area contributed by atoms with Crippen LogP contribution in [0.25, 0.3) is 5.69 Å². The number of amides is 1. The van der Waals surface area contributed by atoms with E-state index in [1.807, 2.05) is 34.9 Å². The van der Waals surface area contributed by atoms with Gasteiger partial charge in [0.2, 0.25) is 5.91 Å². The van der Waals surface area contributed by atoms with E-state index in [0.717, 1.165) is 24.4 Å². The summed E-state index contributed by atoms with van der Waals surface area (Å²) in [6, 6.07) is 13.9. The van der Waals surface area contributed by atoms with Crippen LogP contribution in [0.3, 0.4) is 0 Å². The Kier molecular flexibility index (Phi) is 5.50. The number of nitro groups is 1. The summed E-state index contributed by atoms with van der Waals surface area (Å²) in [6.45, 7) is 0. The largest absolute Gasteiger partial charge is 0.325 e. The van der Waals surface area contributed by atoms with Crippen LogP contribution in [0.5, 0.6) is 0 Å². The van der Waals surface area contributed by atoms with E-state index in [9.17, 15) is 14.9 Å². The molecule has 0 spiro atoms. The van der Waals surface area contributed by atoms with Crippen molar-refractivity contribution in [3.8, 4) is 5.69 Å². The summed E-state index contributed by atoms with van der Waals surface area (Å²) in [7, 11) is 0. The number of hydrogen-bond acceptors (Lipinski definition) is 6. The summed E-state index contributed by atoms with van der Waals surface area (Å²) in [6.07, 6.45) is 2.18. The van der Waals surface area contributed by atoms with Crippen LogP contribution in [0.2, 0.25) is 5.02 Å². The van der Waals surface area contributed by atoms with E-state index in [-0.39, 0.29) is 22.4 Å². The van der Waals surface area contributed by atoms with Gasteiger partial charge in [-0.1, -0.05) is 41.6 Å². The number of carbonyl (C=O) groups excluding carboxylic acids is 1. The predicted molar refractivity (Wildman–Crippen MR) is 111 cm³/mol. The zero-order chi connectivity index (χ0) is 20.4. The molecule has 0 saturated heterocycles. The molecule has 4 rings (SSSR count). The Morgan fingerprint density at radius 2 is 2.00 bits per heavy atom. The highest BCUT2D eigenvalue weighted by molar-refractivity contribution is 7.99. The average molecular weight is 430 g/mol. The molecule has 10 heteroatoms. The molecule has 1 aliphatic rings. The van der Waals surface area contributed by atoms with Gasteiger partial charge >= 0.3 is 0 Å². The number of thioether (sulfide) groups is 1. The summed E-state index contributed by atoms with van der Waals surface area (Å²) in [4.78, 5) is 22.8. The fraction of sp³-hybridized carbons (Fsp3) is 0.211.